The van der Waals surface area contributed by atoms with E-state index in [1.165, 1.54) is 7.11 Å². The van der Waals surface area contributed by atoms with Crippen molar-refractivity contribution in [2.24, 2.45) is 0 Å². The lowest BCUT2D eigenvalue weighted by molar-refractivity contribution is 0.0661. The Labute approximate surface area is 142 Å². The van der Waals surface area contributed by atoms with E-state index in [9.17, 15) is 9.59 Å². The molecule has 0 radical (unpaired) electrons. The van der Waals surface area contributed by atoms with E-state index >= 15 is 0 Å². The van der Waals surface area contributed by atoms with Gasteiger partial charge in [0.2, 0.25) is 0 Å². The summed E-state index contributed by atoms with van der Waals surface area (Å²) in [4.78, 5) is 28.2. The molecule has 1 fully saturated rings. The molecule has 0 saturated carbocycles. The molecule has 0 spiro atoms. The fourth-order valence-electron chi connectivity index (χ4n) is 2.61. The van der Waals surface area contributed by atoms with Gasteiger partial charge in [0.05, 0.1) is 19.8 Å². The molecule has 1 N–H and O–H groups in total. The van der Waals surface area contributed by atoms with Gasteiger partial charge in [0.1, 0.15) is 11.5 Å². The third-order valence-corrected chi connectivity index (χ3v) is 4.02. The maximum Gasteiger partial charge on any atom is 0.317 e. The Morgan fingerprint density at radius 3 is 2.33 bits per heavy atom. The van der Waals surface area contributed by atoms with Gasteiger partial charge in [-0.3, -0.25) is 4.79 Å². The van der Waals surface area contributed by atoms with E-state index in [4.69, 9.17) is 9.47 Å². The molecule has 132 valence electrons. The number of nitrogens with zero attached hydrogens (tertiary/aromatic N) is 2. The minimum absolute atomic E-state index is 0.0668. The van der Waals surface area contributed by atoms with Gasteiger partial charge < -0.3 is 24.6 Å². The highest BCUT2D eigenvalue weighted by molar-refractivity contribution is 5.97. The smallest absolute Gasteiger partial charge is 0.317 e. The molecule has 2 rings (SSSR count). The van der Waals surface area contributed by atoms with E-state index in [-0.39, 0.29) is 11.9 Å². The number of piperazine rings is 1. The third-order valence-electron chi connectivity index (χ3n) is 4.02. The minimum Gasteiger partial charge on any atom is -0.497 e. The molecule has 24 heavy (non-hydrogen) atoms. The average Bonchev–Trinajstić information content (AvgIpc) is 2.65. The second-order valence-electron chi connectivity index (χ2n) is 5.58. The van der Waals surface area contributed by atoms with Crippen molar-refractivity contribution in [1.29, 1.82) is 0 Å². The topological polar surface area (TPSA) is 71.1 Å². The summed E-state index contributed by atoms with van der Waals surface area (Å²) in [5, 5.41) is 2.86. The van der Waals surface area contributed by atoms with Crippen molar-refractivity contribution in [3.8, 4) is 11.5 Å². The molecule has 7 heteroatoms. The zero-order chi connectivity index (χ0) is 17.5. The highest BCUT2D eigenvalue weighted by Gasteiger charge is 2.26. The van der Waals surface area contributed by atoms with Crippen LogP contribution in [0, 0.1) is 0 Å². The molecule has 1 aromatic rings. The summed E-state index contributed by atoms with van der Waals surface area (Å²) < 4.78 is 10.5. The van der Waals surface area contributed by atoms with Gasteiger partial charge in [-0.25, -0.2) is 4.79 Å². The van der Waals surface area contributed by atoms with Gasteiger partial charge >= 0.3 is 6.03 Å². The van der Waals surface area contributed by atoms with Crippen LogP contribution in [0.15, 0.2) is 18.2 Å². The summed E-state index contributed by atoms with van der Waals surface area (Å²) in [6.45, 7) is 4.72. The molecule has 1 heterocycles. The highest BCUT2D eigenvalue weighted by Crippen LogP contribution is 2.25. The van der Waals surface area contributed by atoms with Gasteiger partial charge in [0, 0.05) is 32.7 Å². The first-order valence-electron chi connectivity index (χ1n) is 8.14. The van der Waals surface area contributed by atoms with E-state index in [0.717, 1.165) is 6.42 Å². The van der Waals surface area contributed by atoms with E-state index in [1.54, 1.807) is 35.1 Å². The van der Waals surface area contributed by atoms with Crippen LogP contribution >= 0.6 is 0 Å². The van der Waals surface area contributed by atoms with Crippen molar-refractivity contribution in [3.05, 3.63) is 23.8 Å². The lowest BCUT2D eigenvalue weighted by atomic mass is 10.1. The summed E-state index contributed by atoms with van der Waals surface area (Å²) in [5.41, 5.74) is 0.473. The molecular weight excluding hydrogens is 310 g/mol. The molecule has 0 atom stereocenters. The first-order chi connectivity index (χ1) is 11.6. The first-order valence-corrected chi connectivity index (χ1v) is 8.14. The van der Waals surface area contributed by atoms with Gasteiger partial charge in [-0.15, -0.1) is 0 Å². The van der Waals surface area contributed by atoms with Gasteiger partial charge in [0.25, 0.3) is 5.91 Å². The SMILES string of the molecule is CCCNC(=O)N1CCN(C(=O)c2cc(OC)ccc2OC)CC1. The predicted octanol–water partition coefficient (Wildman–Crippen LogP) is 1.58. The largest absolute Gasteiger partial charge is 0.497 e. The zero-order valence-electron chi connectivity index (χ0n) is 14.5. The number of methoxy groups -OCH3 is 2. The Hall–Kier alpha value is -2.44. The molecule has 0 unspecified atom stereocenters. The molecule has 1 saturated heterocycles. The number of rotatable bonds is 5. The molecule has 1 aromatic carbocycles. The van der Waals surface area contributed by atoms with E-state index in [1.807, 2.05) is 6.92 Å². The molecular formula is C17H25N3O4. The van der Waals surface area contributed by atoms with Crippen molar-refractivity contribution >= 4 is 11.9 Å². The fourth-order valence-corrected chi connectivity index (χ4v) is 2.61. The van der Waals surface area contributed by atoms with Crippen molar-refractivity contribution in [2.45, 2.75) is 13.3 Å². The van der Waals surface area contributed by atoms with Gasteiger partial charge in [-0.1, -0.05) is 6.92 Å². The van der Waals surface area contributed by atoms with Crippen LogP contribution in [0.25, 0.3) is 0 Å². The van der Waals surface area contributed by atoms with Crippen LogP contribution in [-0.4, -0.2) is 68.7 Å². The number of urea groups is 1. The lowest BCUT2D eigenvalue weighted by Gasteiger charge is -2.35. The van der Waals surface area contributed by atoms with Gasteiger partial charge in [-0.2, -0.15) is 0 Å². The van der Waals surface area contributed by atoms with Crippen molar-refractivity contribution in [1.82, 2.24) is 15.1 Å². The van der Waals surface area contributed by atoms with Crippen LogP contribution in [0.3, 0.4) is 0 Å². The zero-order valence-corrected chi connectivity index (χ0v) is 14.5. The summed E-state index contributed by atoms with van der Waals surface area (Å²) in [6.07, 6.45) is 0.903. The number of amides is 3. The number of hydrogen-bond donors (Lipinski definition) is 1. The number of benzene rings is 1. The van der Waals surface area contributed by atoms with Crippen molar-refractivity contribution in [3.63, 3.8) is 0 Å². The third kappa shape index (κ3) is 4.10. The normalized spacial score (nSPS) is 14.3. The van der Waals surface area contributed by atoms with Gasteiger partial charge in [0.15, 0.2) is 0 Å². The minimum atomic E-state index is -0.112. The standard InChI is InChI=1S/C17H25N3O4/c1-4-7-18-17(22)20-10-8-19(9-11-20)16(21)14-12-13(23-2)5-6-15(14)24-3/h5-6,12H,4,7-11H2,1-3H3,(H,18,22). The number of nitrogens with one attached hydrogen (secondary N) is 1. The average molecular weight is 335 g/mol. The molecule has 1 aliphatic rings. The van der Waals surface area contributed by atoms with Crippen molar-refractivity contribution in [2.75, 3.05) is 46.9 Å². The number of hydrogen-bond acceptors (Lipinski definition) is 4. The lowest BCUT2D eigenvalue weighted by Crippen LogP contribution is -2.53. The van der Waals surface area contributed by atoms with E-state index in [2.05, 4.69) is 5.32 Å². The van der Waals surface area contributed by atoms with Crippen LogP contribution in [0.2, 0.25) is 0 Å². The molecule has 3 amide bonds. The second kappa shape index (κ2) is 8.42. The van der Waals surface area contributed by atoms with Crippen molar-refractivity contribution < 1.29 is 19.1 Å². The molecule has 7 nitrogen and oxygen atoms in total. The Morgan fingerprint density at radius 1 is 1.08 bits per heavy atom. The Morgan fingerprint density at radius 2 is 1.75 bits per heavy atom. The molecule has 0 bridgehead atoms. The Balaban J connectivity index is 2.01. The van der Waals surface area contributed by atoms with Crippen LogP contribution in [0.1, 0.15) is 23.7 Å². The number of ether oxygens (including phenoxy) is 2. The molecule has 0 aliphatic carbocycles. The summed E-state index contributed by atoms with van der Waals surface area (Å²) in [7, 11) is 3.10. The summed E-state index contributed by atoms with van der Waals surface area (Å²) in [6, 6.07) is 5.09. The quantitative estimate of drug-likeness (QED) is 0.887. The fraction of sp³-hybridized carbons (Fsp3) is 0.529. The summed E-state index contributed by atoms with van der Waals surface area (Å²) in [5.74, 6) is 1.01. The predicted molar refractivity (Wildman–Crippen MR) is 90.7 cm³/mol. The summed E-state index contributed by atoms with van der Waals surface area (Å²) >= 11 is 0. The van der Waals surface area contributed by atoms with Crippen LogP contribution < -0.4 is 14.8 Å². The monoisotopic (exact) mass is 335 g/mol. The number of carbonyl (C=O) groups is 2. The van der Waals surface area contributed by atoms with E-state index in [0.29, 0.717) is 49.8 Å². The van der Waals surface area contributed by atoms with Gasteiger partial charge in [-0.05, 0) is 24.6 Å². The van der Waals surface area contributed by atoms with Crippen LogP contribution in [0.5, 0.6) is 11.5 Å². The highest BCUT2D eigenvalue weighted by atomic mass is 16.5. The maximum atomic E-state index is 12.8. The second-order valence-corrected chi connectivity index (χ2v) is 5.58. The first kappa shape index (κ1) is 17.9. The molecule has 0 aromatic heterocycles. The Kier molecular flexibility index (Phi) is 6.28. The van der Waals surface area contributed by atoms with Crippen LogP contribution in [-0.2, 0) is 0 Å². The maximum absolute atomic E-state index is 12.8. The van der Waals surface area contributed by atoms with E-state index < -0.39 is 0 Å². The number of carbonyl (C=O) groups excluding carboxylic acids is 2. The van der Waals surface area contributed by atoms with Crippen LogP contribution in [0.4, 0.5) is 4.79 Å². The molecule has 1 aliphatic heterocycles. The Bertz CT molecular complexity index is 583.